The molecular weight excluding hydrogens is 406 g/mol. The number of nitrogens with zero attached hydrogens (tertiary/aromatic N) is 2. The van der Waals surface area contributed by atoms with Crippen molar-refractivity contribution in [2.45, 2.75) is 50.5 Å². The van der Waals surface area contributed by atoms with Crippen molar-refractivity contribution in [2.24, 2.45) is 16.6 Å². The third kappa shape index (κ3) is 3.63. The lowest BCUT2D eigenvalue weighted by molar-refractivity contribution is -0.198. The third-order valence-corrected chi connectivity index (χ3v) is 6.63. The second-order valence-electron chi connectivity index (χ2n) is 9.66. The molecule has 0 bridgehead atoms. The first-order valence-corrected chi connectivity index (χ1v) is 11.0. The lowest BCUT2D eigenvalue weighted by atomic mass is 9.79. The smallest absolute Gasteiger partial charge is 0.221 e. The van der Waals surface area contributed by atoms with E-state index in [1.165, 1.54) is 5.06 Å². The van der Waals surface area contributed by atoms with E-state index in [1.807, 2.05) is 30.3 Å². The predicted molar refractivity (Wildman–Crippen MR) is 125 cm³/mol. The van der Waals surface area contributed by atoms with E-state index >= 15 is 0 Å². The van der Waals surface area contributed by atoms with Crippen molar-refractivity contribution in [3.63, 3.8) is 0 Å². The molecule has 3 aliphatic rings. The molecule has 3 heterocycles. The number of hydrogen-bond donors (Lipinski definition) is 3. The van der Waals surface area contributed by atoms with E-state index in [0.717, 1.165) is 41.9 Å². The fraction of sp³-hybridized carbons (Fsp3) is 0.458. The molecule has 32 heavy (non-hydrogen) atoms. The number of anilines is 2. The van der Waals surface area contributed by atoms with Gasteiger partial charge in [-0.1, -0.05) is 6.07 Å². The minimum Gasteiger partial charge on any atom is -0.489 e. The number of guanidine groups is 1. The van der Waals surface area contributed by atoms with Crippen LogP contribution >= 0.6 is 0 Å². The third-order valence-electron chi connectivity index (χ3n) is 6.63. The van der Waals surface area contributed by atoms with E-state index in [9.17, 15) is 0 Å². The standard InChI is InChI=1S/C24H31N5O3/c1-23(2)12-15(6-7-30-23)21-13-24(28-22(27)29(3)32-24)19-10-14(4-5-20(19)31-21)16-8-17(25)11-18(26)9-16/h4-5,8-11,15,21H,6-7,12-13,25-26H2,1-3H3,(H2,27,28). The Morgan fingerprint density at radius 3 is 2.41 bits per heavy atom. The van der Waals surface area contributed by atoms with Crippen LogP contribution in [0.1, 0.15) is 38.7 Å². The van der Waals surface area contributed by atoms with Crippen molar-refractivity contribution in [1.29, 1.82) is 0 Å². The summed E-state index contributed by atoms with van der Waals surface area (Å²) in [6.07, 6.45) is 2.38. The van der Waals surface area contributed by atoms with Crippen LogP contribution in [0.3, 0.4) is 0 Å². The predicted octanol–water partition coefficient (Wildman–Crippen LogP) is 3.22. The Morgan fingerprint density at radius 1 is 1.00 bits per heavy atom. The highest BCUT2D eigenvalue weighted by atomic mass is 16.7. The van der Waals surface area contributed by atoms with E-state index in [0.29, 0.717) is 29.7 Å². The van der Waals surface area contributed by atoms with Crippen molar-refractivity contribution < 1.29 is 14.3 Å². The van der Waals surface area contributed by atoms with Crippen LogP contribution in [0.15, 0.2) is 41.4 Å². The number of hydroxylamine groups is 2. The maximum absolute atomic E-state index is 6.55. The van der Waals surface area contributed by atoms with E-state index < -0.39 is 5.72 Å². The van der Waals surface area contributed by atoms with Crippen molar-refractivity contribution in [1.82, 2.24) is 5.06 Å². The minimum atomic E-state index is -0.929. The molecule has 5 rings (SSSR count). The first-order chi connectivity index (χ1) is 15.1. The summed E-state index contributed by atoms with van der Waals surface area (Å²) in [6.45, 7) is 4.98. The Hall–Kier alpha value is -2.97. The van der Waals surface area contributed by atoms with Gasteiger partial charge in [0.05, 0.1) is 11.2 Å². The van der Waals surface area contributed by atoms with Gasteiger partial charge in [0.25, 0.3) is 0 Å². The topological polar surface area (TPSA) is 121 Å². The van der Waals surface area contributed by atoms with Crippen LogP contribution in [-0.4, -0.2) is 36.4 Å². The summed E-state index contributed by atoms with van der Waals surface area (Å²) in [7, 11) is 1.78. The van der Waals surface area contributed by atoms with Crippen molar-refractivity contribution in [3.05, 3.63) is 42.0 Å². The number of nitrogen functional groups attached to an aromatic ring is 2. The average molecular weight is 438 g/mol. The Kier molecular flexibility index (Phi) is 4.76. The summed E-state index contributed by atoms with van der Waals surface area (Å²) < 4.78 is 12.5. The zero-order valence-corrected chi connectivity index (χ0v) is 18.8. The van der Waals surface area contributed by atoms with Gasteiger partial charge in [-0.3, -0.25) is 0 Å². The molecule has 1 fully saturated rings. The normalized spacial score (nSPS) is 28.8. The second-order valence-corrected chi connectivity index (χ2v) is 9.66. The number of fused-ring (bicyclic) bond motifs is 2. The van der Waals surface area contributed by atoms with Gasteiger partial charge in [0, 0.05) is 37.4 Å². The zero-order chi connectivity index (χ0) is 22.7. The minimum absolute atomic E-state index is 0.0532. The maximum atomic E-state index is 6.55. The van der Waals surface area contributed by atoms with Crippen LogP contribution in [-0.2, 0) is 15.3 Å². The number of aliphatic imine (C=N–C) groups is 1. The lowest BCUT2D eigenvalue weighted by Crippen LogP contribution is -2.46. The molecule has 3 unspecified atom stereocenters. The Morgan fingerprint density at radius 2 is 1.75 bits per heavy atom. The van der Waals surface area contributed by atoms with E-state index in [2.05, 4.69) is 13.8 Å². The largest absolute Gasteiger partial charge is 0.489 e. The summed E-state index contributed by atoms with van der Waals surface area (Å²) in [5, 5.41) is 1.53. The number of hydrogen-bond acceptors (Lipinski definition) is 8. The molecule has 0 radical (unpaired) electrons. The Bertz CT molecular complexity index is 1070. The highest BCUT2D eigenvalue weighted by Gasteiger charge is 2.51. The van der Waals surface area contributed by atoms with Crippen molar-refractivity contribution in [2.75, 3.05) is 25.1 Å². The Balaban J connectivity index is 1.57. The maximum Gasteiger partial charge on any atom is 0.221 e. The van der Waals surface area contributed by atoms with Gasteiger partial charge in [-0.15, -0.1) is 0 Å². The first kappa shape index (κ1) is 20.9. The molecule has 170 valence electrons. The highest BCUT2D eigenvalue weighted by Crippen LogP contribution is 2.50. The van der Waals surface area contributed by atoms with E-state index in [-0.39, 0.29) is 11.7 Å². The van der Waals surface area contributed by atoms with Crippen molar-refractivity contribution in [3.8, 4) is 16.9 Å². The zero-order valence-electron chi connectivity index (χ0n) is 18.8. The number of rotatable bonds is 2. The van der Waals surface area contributed by atoms with Gasteiger partial charge in [-0.2, -0.15) is 0 Å². The van der Waals surface area contributed by atoms with Gasteiger partial charge < -0.3 is 26.7 Å². The fourth-order valence-electron chi connectivity index (χ4n) is 5.15. The van der Waals surface area contributed by atoms with Gasteiger partial charge >= 0.3 is 0 Å². The SMILES string of the molecule is CN1OC2(CC(C3CCOC(C)(C)C3)Oc3ccc(-c4cc(N)cc(N)c4)cc32)N=C1N. The van der Waals surface area contributed by atoms with E-state index in [4.69, 9.17) is 36.5 Å². The van der Waals surface area contributed by atoms with Crippen LogP contribution in [0, 0.1) is 5.92 Å². The van der Waals surface area contributed by atoms with Crippen LogP contribution in [0.4, 0.5) is 11.4 Å². The van der Waals surface area contributed by atoms with Gasteiger partial charge in [0.1, 0.15) is 11.9 Å². The molecule has 0 aromatic heterocycles. The number of nitrogens with two attached hydrogens (primary N) is 3. The molecule has 1 saturated heterocycles. The van der Waals surface area contributed by atoms with Gasteiger partial charge in [-0.05, 0) is 68.1 Å². The molecule has 0 aliphatic carbocycles. The van der Waals surface area contributed by atoms with Gasteiger partial charge in [0.15, 0.2) is 0 Å². The molecular formula is C24H31N5O3. The van der Waals surface area contributed by atoms with Gasteiger partial charge in [0.2, 0.25) is 11.7 Å². The average Bonchev–Trinajstić information content (AvgIpc) is 3.00. The van der Waals surface area contributed by atoms with Crippen LogP contribution < -0.4 is 21.9 Å². The quantitative estimate of drug-likeness (QED) is 0.617. The van der Waals surface area contributed by atoms with Crippen LogP contribution in [0.25, 0.3) is 11.1 Å². The van der Waals surface area contributed by atoms with Crippen LogP contribution in [0.2, 0.25) is 0 Å². The highest BCUT2D eigenvalue weighted by molar-refractivity contribution is 5.79. The fourth-order valence-corrected chi connectivity index (χ4v) is 5.15. The molecule has 3 atom stereocenters. The summed E-state index contributed by atoms with van der Waals surface area (Å²) in [5.74, 6) is 1.45. The van der Waals surface area contributed by atoms with E-state index in [1.54, 1.807) is 13.1 Å². The van der Waals surface area contributed by atoms with Gasteiger partial charge in [-0.25, -0.2) is 14.9 Å². The summed E-state index contributed by atoms with van der Waals surface area (Å²) in [4.78, 5) is 11.1. The second kappa shape index (κ2) is 7.28. The monoisotopic (exact) mass is 437 g/mol. The lowest BCUT2D eigenvalue weighted by Gasteiger charge is -2.44. The molecule has 8 nitrogen and oxygen atoms in total. The number of ether oxygens (including phenoxy) is 2. The molecule has 8 heteroatoms. The molecule has 6 N–H and O–H groups in total. The summed E-state index contributed by atoms with van der Waals surface area (Å²) in [5.41, 5.74) is 21.1. The molecule has 2 aromatic carbocycles. The first-order valence-electron chi connectivity index (χ1n) is 11.0. The molecule has 3 aliphatic heterocycles. The Labute approximate surface area is 188 Å². The summed E-state index contributed by atoms with van der Waals surface area (Å²) in [6, 6.07) is 11.6. The van der Waals surface area contributed by atoms with Crippen molar-refractivity contribution >= 4 is 17.3 Å². The molecule has 0 amide bonds. The molecule has 2 aromatic rings. The molecule has 0 saturated carbocycles. The molecule has 1 spiro atoms. The summed E-state index contributed by atoms with van der Waals surface area (Å²) >= 11 is 0. The van der Waals surface area contributed by atoms with Crippen LogP contribution in [0.5, 0.6) is 5.75 Å². The number of benzene rings is 2.